The Bertz CT molecular complexity index is 570. The molecule has 0 saturated carbocycles. The molecule has 1 aromatic rings. The highest BCUT2D eigenvalue weighted by Crippen LogP contribution is 2.20. The number of nitrogens with zero attached hydrogens (tertiary/aromatic N) is 3. The van der Waals surface area contributed by atoms with Gasteiger partial charge < -0.3 is 15.5 Å². The second-order valence-electron chi connectivity index (χ2n) is 6.62. The third-order valence-corrected chi connectivity index (χ3v) is 5.67. The number of aliphatic imine (C=N–C) groups is 1. The largest absolute Gasteiger partial charge is 0.359 e. The summed E-state index contributed by atoms with van der Waals surface area (Å²) in [7, 11) is 3.55. The van der Waals surface area contributed by atoms with Crippen LogP contribution in [-0.2, 0) is 11.2 Å². The molecule has 0 spiro atoms. The number of aryl methyl sites for hydroxylation is 2. The number of thiazole rings is 1. The van der Waals surface area contributed by atoms with Gasteiger partial charge in [0.15, 0.2) is 5.96 Å². The van der Waals surface area contributed by atoms with Crippen LogP contribution in [0.15, 0.2) is 10.4 Å². The molecule has 0 atom stereocenters. The van der Waals surface area contributed by atoms with Gasteiger partial charge in [0.2, 0.25) is 5.91 Å². The van der Waals surface area contributed by atoms with Crippen LogP contribution in [0.2, 0.25) is 0 Å². The number of hydrogen-bond donors (Lipinski definition) is 2. The summed E-state index contributed by atoms with van der Waals surface area (Å²) in [5, 5.41) is 9.55. The predicted molar refractivity (Wildman–Crippen MR) is 120 cm³/mol. The summed E-state index contributed by atoms with van der Waals surface area (Å²) in [6, 6.07) is 0. The Balaban J connectivity index is 0.00000338. The Labute approximate surface area is 178 Å². The predicted octanol–water partition coefficient (Wildman–Crippen LogP) is 2.82. The molecule has 8 heteroatoms. The van der Waals surface area contributed by atoms with Crippen molar-refractivity contribution in [2.24, 2.45) is 10.9 Å². The molecule has 2 rings (SSSR count). The van der Waals surface area contributed by atoms with E-state index in [2.05, 4.69) is 30.9 Å². The Morgan fingerprint density at radius 1 is 1.38 bits per heavy atom. The number of piperidine rings is 1. The molecule has 0 aliphatic carbocycles. The first-order valence-corrected chi connectivity index (χ1v) is 10.1. The van der Waals surface area contributed by atoms with Crippen molar-refractivity contribution in [1.29, 1.82) is 0 Å². The summed E-state index contributed by atoms with van der Waals surface area (Å²) in [4.78, 5) is 22.7. The maximum atomic E-state index is 11.5. The summed E-state index contributed by atoms with van der Waals surface area (Å²) in [5.74, 6) is 1.64. The van der Waals surface area contributed by atoms with E-state index in [0.717, 1.165) is 63.4 Å². The standard InChI is InChI=1S/C18H31N5OS.HI/c1-14-13-25-17(22-14)6-4-5-9-21-18(20-3)23-10-7-15(8-11-23)12-16(24)19-2;/h13,15H,4-12H2,1-3H3,(H,19,24)(H,20,21);1H. The molecule has 6 nitrogen and oxygen atoms in total. The molecule has 0 radical (unpaired) electrons. The molecule has 1 aliphatic rings. The van der Waals surface area contributed by atoms with Gasteiger partial charge in [-0.2, -0.15) is 0 Å². The first-order valence-electron chi connectivity index (χ1n) is 9.19. The van der Waals surface area contributed by atoms with Crippen LogP contribution in [0.4, 0.5) is 0 Å². The van der Waals surface area contributed by atoms with Crippen LogP contribution in [0.3, 0.4) is 0 Å². The van der Waals surface area contributed by atoms with Crippen LogP contribution in [0, 0.1) is 12.8 Å². The number of nitrogens with one attached hydrogen (secondary N) is 2. The molecule has 2 heterocycles. The van der Waals surface area contributed by atoms with E-state index < -0.39 is 0 Å². The molecule has 1 fully saturated rings. The zero-order valence-corrected chi connectivity index (χ0v) is 19.2. The first-order chi connectivity index (χ1) is 12.1. The Morgan fingerprint density at radius 3 is 2.69 bits per heavy atom. The van der Waals surface area contributed by atoms with Crippen LogP contribution in [-0.4, -0.2) is 55.5 Å². The van der Waals surface area contributed by atoms with Crippen molar-refractivity contribution in [1.82, 2.24) is 20.5 Å². The van der Waals surface area contributed by atoms with Gasteiger partial charge in [-0.15, -0.1) is 35.3 Å². The molecule has 1 saturated heterocycles. The Kier molecular flexibility index (Phi) is 11.1. The van der Waals surface area contributed by atoms with Gasteiger partial charge in [0.25, 0.3) is 0 Å². The number of guanidine groups is 1. The van der Waals surface area contributed by atoms with Gasteiger partial charge in [-0.05, 0) is 44.9 Å². The highest BCUT2D eigenvalue weighted by atomic mass is 127. The van der Waals surface area contributed by atoms with Crippen molar-refractivity contribution in [3.63, 3.8) is 0 Å². The van der Waals surface area contributed by atoms with Crippen LogP contribution in [0.25, 0.3) is 0 Å². The molecule has 0 aromatic carbocycles. The summed E-state index contributed by atoms with van der Waals surface area (Å²) >= 11 is 1.76. The molecule has 0 bridgehead atoms. The molecular formula is C18H32IN5OS. The number of likely N-dealkylation sites (tertiary alicyclic amines) is 1. The summed E-state index contributed by atoms with van der Waals surface area (Å²) in [6.45, 7) is 4.93. The SMILES string of the molecule is CN=C(NCCCCc1nc(C)cs1)N1CCC(CC(=O)NC)CC1.I. The summed E-state index contributed by atoms with van der Waals surface area (Å²) < 4.78 is 0. The number of halogens is 1. The Hall–Kier alpha value is -0.900. The molecular weight excluding hydrogens is 461 g/mol. The number of amides is 1. The second kappa shape index (κ2) is 12.5. The van der Waals surface area contributed by atoms with Gasteiger partial charge >= 0.3 is 0 Å². The van der Waals surface area contributed by atoms with E-state index in [-0.39, 0.29) is 29.9 Å². The quantitative estimate of drug-likeness (QED) is 0.265. The van der Waals surface area contributed by atoms with Crippen LogP contribution in [0.5, 0.6) is 0 Å². The van der Waals surface area contributed by atoms with E-state index in [0.29, 0.717) is 12.3 Å². The van der Waals surface area contributed by atoms with Crippen molar-refractivity contribution in [3.05, 3.63) is 16.1 Å². The van der Waals surface area contributed by atoms with Gasteiger partial charge in [-0.3, -0.25) is 9.79 Å². The fourth-order valence-corrected chi connectivity index (χ4v) is 3.98. The number of carbonyl (C=O) groups is 1. The van der Waals surface area contributed by atoms with Crippen molar-refractivity contribution in [2.45, 2.75) is 45.4 Å². The van der Waals surface area contributed by atoms with Crippen molar-refractivity contribution in [3.8, 4) is 0 Å². The van der Waals surface area contributed by atoms with Gasteiger partial charge in [0, 0.05) is 51.2 Å². The number of aromatic nitrogens is 1. The maximum absolute atomic E-state index is 11.5. The minimum atomic E-state index is 0. The molecule has 2 N–H and O–H groups in total. The van der Waals surface area contributed by atoms with E-state index in [1.54, 1.807) is 18.4 Å². The van der Waals surface area contributed by atoms with Crippen molar-refractivity contribution >= 4 is 47.2 Å². The molecule has 1 aliphatic heterocycles. The van der Waals surface area contributed by atoms with E-state index in [9.17, 15) is 4.79 Å². The van der Waals surface area contributed by atoms with Crippen LogP contribution in [0.1, 0.15) is 42.8 Å². The average molecular weight is 493 g/mol. The number of rotatable bonds is 7. The third kappa shape index (κ3) is 7.77. The molecule has 1 amide bonds. The zero-order valence-electron chi connectivity index (χ0n) is 16.1. The normalized spacial score (nSPS) is 15.5. The maximum Gasteiger partial charge on any atom is 0.220 e. The Morgan fingerprint density at radius 2 is 2.12 bits per heavy atom. The minimum Gasteiger partial charge on any atom is -0.359 e. The zero-order chi connectivity index (χ0) is 18.1. The van der Waals surface area contributed by atoms with Gasteiger partial charge in [0.05, 0.1) is 5.01 Å². The van der Waals surface area contributed by atoms with Gasteiger partial charge in [0.1, 0.15) is 0 Å². The third-order valence-electron chi connectivity index (χ3n) is 4.65. The molecule has 0 unspecified atom stereocenters. The highest BCUT2D eigenvalue weighted by molar-refractivity contribution is 14.0. The second-order valence-corrected chi connectivity index (χ2v) is 7.56. The van der Waals surface area contributed by atoms with Crippen molar-refractivity contribution in [2.75, 3.05) is 33.7 Å². The lowest BCUT2D eigenvalue weighted by Crippen LogP contribution is -2.46. The number of unbranched alkanes of at least 4 members (excludes halogenated alkanes) is 1. The van der Waals surface area contributed by atoms with Crippen LogP contribution >= 0.6 is 35.3 Å². The van der Waals surface area contributed by atoms with Gasteiger partial charge in [-0.25, -0.2) is 4.98 Å². The fourth-order valence-electron chi connectivity index (χ4n) is 3.16. The van der Waals surface area contributed by atoms with E-state index >= 15 is 0 Å². The number of hydrogen-bond acceptors (Lipinski definition) is 4. The summed E-state index contributed by atoms with van der Waals surface area (Å²) in [5.41, 5.74) is 1.12. The fraction of sp³-hybridized carbons (Fsp3) is 0.722. The van der Waals surface area contributed by atoms with Crippen molar-refractivity contribution < 1.29 is 4.79 Å². The molecule has 148 valence electrons. The van der Waals surface area contributed by atoms with Gasteiger partial charge in [-0.1, -0.05) is 0 Å². The van der Waals surface area contributed by atoms with E-state index in [4.69, 9.17) is 0 Å². The van der Waals surface area contributed by atoms with E-state index in [1.807, 2.05) is 14.0 Å². The number of carbonyl (C=O) groups excluding carboxylic acids is 1. The lowest BCUT2D eigenvalue weighted by Gasteiger charge is -2.34. The first kappa shape index (κ1) is 23.1. The lowest BCUT2D eigenvalue weighted by molar-refractivity contribution is -0.121. The monoisotopic (exact) mass is 493 g/mol. The summed E-state index contributed by atoms with van der Waals surface area (Å²) in [6.07, 6.45) is 6.07. The topological polar surface area (TPSA) is 69.6 Å². The average Bonchev–Trinajstić information content (AvgIpc) is 3.04. The molecule has 1 aromatic heterocycles. The van der Waals surface area contributed by atoms with Crippen LogP contribution < -0.4 is 10.6 Å². The molecule has 26 heavy (non-hydrogen) atoms. The van der Waals surface area contributed by atoms with E-state index in [1.165, 1.54) is 5.01 Å². The highest BCUT2D eigenvalue weighted by Gasteiger charge is 2.22. The minimum absolute atomic E-state index is 0. The lowest BCUT2D eigenvalue weighted by atomic mass is 9.93. The smallest absolute Gasteiger partial charge is 0.220 e.